The van der Waals surface area contributed by atoms with Crippen LogP contribution < -0.4 is 10.1 Å². The summed E-state index contributed by atoms with van der Waals surface area (Å²) < 4.78 is 12.0. The Morgan fingerprint density at radius 2 is 1.83 bits per heavy atom. The molecule has 1 atom stereocenters. The minimum Gasteiger partial charge on any atom is -0.486 e. The molecule has 0 radical (unpaired) electrons. The van der Waals surface area contributed by atoms with E-state index in [2.05, 4.69) is 5.32 Å². The van der Waals surface area contributed by atoms with Crippen LogP contribution in [0, 0.1) is 20.8 Å². The average Bonchev–Trinajstić information content (AvgIpc) is 2.97. The minimum atomic E-state index is -0.501. The number of carbonyl (C=O) groups excluding carboxylic acids is 2. The molecule has 1 amide bonds. The quantitative estimate of drug-likeness (QED) is 0.618. The van der Waals surface area contributed by atoms with Crippen LogP contribution in [-0.2, 0) is 0 Å². The normalized spacial score (nSPS) is 18.4. The molecular formula is C24H25NO4. The predicted molar refractivity (Wildman–Crippen MR) is 113 cm³/mol. The van der Waals surface area contributed by atoms with Crippen LogP contribution in [0.4, 0.5) is 5.69 Å². The van der Waals surface area contributed by atoms with Gasteiger partial charge in [-0.25, -0.2) is 0 Å². The number of Topliss-reactive ketones (excluding diaryl/α,β-unsaturated/α-hetero) is 1. The molecule has 0 bridgehead atoms. The third-order valence-electron chi connectivity index (χ3n) is 5.66. The van der Waals surface area contributed by atoms with Crippen LogP contribution >= 0.6 is 0 Å². The second-order valence-electron chi connectivity index (χ2n) is 8.20. The zero-order valence-corrected chi connectivity index (χ0v) is 17.4. The summed E-state index contributed by atoms with van der Waals surface area (Å²) in [5, 5.41) is 3.57. The molecule has 150 valence electrons. The van der Waals surface area contributed by atoms with E-state index in [9.17, 15) is 9.59 Å². The van der Waals surface area contributed by atoms with Gasteiger partial charge in [0.1, 0.15) is 16.9 Å². The number of ether oxygens (including phenoxy) is 1. The lowest BCUT2D eigenvalue weighted by molar-refractivity contribution is 0.0503. The number of hydrogen-bond acceptors (Lipinski definition) is 4. The lowest BCUT2D eigenvalue weighted by Gasteiger charge is -2.34. The Hall–Kier alpha value is -3.08. The van der Waals surface area contributed by atoms with Crippen molar-refractivity contribution in [2.75, 3.05) is 5.32 Å². The molecule has 0 saturated carbocycles. The van der Waals surface area contributed by atoms with E-state index in [-0.39, 0.29) is 17.5 Å². The fourth-order valence-electron chi connectivity index (χ4n) is 4.06. The molecule has 5 nitrogen and oxygen atoms in total. The van der Waals surface area contributed by atoms with Gasteiger partial charge in [0.05, 0.1) is 12.0 Å². The second kappa shape index (κ2) is 6.76. The minimum absolute atomic E-state index is 0.0198. The molecule has 1 aliphatic heterocycles. The van der Waals surface area contributed by atoms with Crippen molar-refractivity contribution in [1.29, 1.82) is 0 Å². The number of carbonyl (C=O) groups is 2. The summed E-state index contributed by atoms with van der Waals surface area (Å²) in [5.41, 5.74) is 4.03. The summed E-state index contributed by atoms with van der Waals surface area (Å²) in [5.74, 6) is 0.457. The zero-order chi connectivity index (χ0) is 20.9. The Bertz CT molecular complexity index is 1140. The summed E-state index contributed by atoms with van der Waals surface area (Å²) in [7, 11) is 0. The van der Waals surface area contributed by atoms with E-state index in [4.69, 9.17) is 9.15 Å². The number of amides is 1. The molecule has 2 aromatic carbocycles. The van der Waals surface area contributed by atoms with Crippen LogP contribution in [0.2, 0.25) is 0 Å². The van der Waals surface area contributed by atoms with Gasteiger partial charge in [0.2, 0.25) is 0 Å². The van der Waals surface area contributed by atoms with Gasteiger partial charge in [-0.2, -0.15) is 0 Å². The molecule has 0 saturated heterocycles. The van der Waals surface area contributed by atoms with Gasteiger partial charge in [-0.05, 0) is 69.5 Å². The maximum atomic E-state index is 12.9. The smallest absolute Gasteiger partial charge is 0.291 e. The number of furan rings is 1. The zero-order valence-electron chi connectivity index (χ0n) is 17.4. The molecule has 1 N–H and O–H groups in total. The fourth-order valence-corrected chi connectivity index (χ4v) is 4.06. The molecule has 2 heterocycles. The third-order valence-corrected chi connectivity index (χ3v) is 5.66. The number of rotatable bonds is 3. The average molecular weight is 391 g/mol. The first-order valence-corrected chi connectivity index (χ1v) is 9.89. The van der Waals surface area contributed by atoms with Crippen molar-refractivity contribution < 1.29 is 18.7 Å². The molecule has 0 spiro atoms. The monoisotopic (exact) mass is 391 g/mol. The highest BCUT2D eigenvalue weighted by Gasteiger charge is 2.37. The number of aryl methyl sites for hydroxylation is 3. The van der Waals surface area contributed by atoms with Crippen LogP contribution in [0.1, 0.15) is 64.3 Å². The topological polar surface area (TPSA) is 68.5 Å². The molecule has 29 heavy (non-hydrogen) atoms. The second-order valence-corrected chi connectivity index (χ2v) is 8.20. The van der Waals surface area contributed by atoms with Gasteiger partial charge >= 0.3 is 0 Å². The molecule has 5 heteroatoms. The van der Waals surface area contributed by atoms with Crippen molar-refractivity contribution in [1.82, 2.24) is 0 Å². The largest absolute Gasteiger partial charge is 0.486 e. The van der Waals surface area contributed by atoms with Crippen molar-refractivity contribution in [3.05, 3.63) is 58.3 Å². The molecule has 0 aliphatic carbocycles. The molecular weight excluding hydrogens is 366 g/mol. The predicted octanol–water partition coefficient (Wildman–Crippen LogP) is 5.74. The molecule has 1 aliphatic rings. The maximum absolute atomic E-state index is 12.9. The number of ketones is 1. The first-order chi connectivity index (χ1) is 13.7. The van der Waals surface area contributed by atoms with Crippen molar-refractivity contribution in [2.45, 2.75) is 53.1 Å². The Balaban J connectivity index is 1.76. The lowest BCUT2D eigenvalue weighted by atomic mass is 9.87. The van der Waals surface area contributed by atoms with Crippen molar-refractivity contribution >= 4 is 28.3 Å². The highest BCUT2D eigenvalue weighted by atomic mass is 16.5. The maximum Gasteiger partial charge on any atom is 0.291 e. The first kappa shape index (κ1) is 19.2. The number of benzene rings is 2. The van der Waals surface area contributed by atoms with Crippen molar-refractivity contribution in [3.8, 4) is 5.75 Å². The number of anilines is 1. The standard InChI is InChI=1S/C24H25NO4/c1-6-24(5)12-17(26)21-19(29-24)8-7-18-20(21)15(4)22(28-18)23(27)25-16-10-13(2)9-14(3)11-16/h7-11H,6,12H2,1-5H3,(H,25,27). The van der Waals surface area contributed by atoms with Gasteiger partial charge < -0.3 is 14.5 Å². The Labute approximate surface area is 170 Å². The summed E-state index contributed by atoms with van der Waals surface area (Å²) in [6.07, 6.45) is 1.05. The van der Waals surface area contributed by atoms with Crippen molar-refractivity contribution in [3.63, 3.8) is 0 Å². The Morgan fingerprint density at radius 3 is 2.48 bits per heavy atom. The van der Waals surface area contributed by atoms with E-state index >= 15 is 0 Å². The van der Waals surface area contributed by atoms with Gasteiger partial charge in [0, 0.05) is 16.6 Å². The van der Waals surface area contributed by atoms with Crippen LogP contribution in [0.3, 0.4) is 0 Å². The molecule has 4 rings (SSSR count). The van der Waals surface area contributed by atoms with Gasteiger partial charge in [-0.3, -0.25) is 9.59 Å². The first-order valence-electron chi connectivity index (χ1n) is 9.89. The number of nitrogens with one attached hydrogen (secondary N) is 1. The van der Waals surface area contributed by atoms with E-state index in [1.807, 2.05) is 52.8 Å². The van der Waals surface area contributed by atoms with Crippen LogP contribution in [0.25, 0.3) is 11.0 Å². The Morgan fingerprint density at radius 1 is 1.14 bits per heavy atom. The Kier molecular flexibility index (Phi) is 4.49. The van der Waals surface area contributed by atoms with E-state index < -0.39 is 5.60 Å². The summed E-state index contributed by atoms with van der Waals surface area (Å²) in [4.78, 5) is 25.9. The van der Waals surface area contributed by atoms with Crippen LogP contribution in [-0.4, -0.2) is 17.3 Å². The third kappa shape index (κ3) is 3.31. The lowest BCUT2D eigenvalue weighted by Crippen LogP contribution is -2.38. The molecule has 1 unspecified atom stereocenters. The van der Waals surface area contributed by atoms with E-state index in [0.717, 1.165) is 17.5 Å². The highest BCUT2D eigenvalue weighted by Crippen LogP contribution is 2.41. The summed E-state index contributed by atoms with van der Waals surface area (Å²) >= 11 is 0. The molecule has 1 aromatic heterocycles. The van der Waals surface area contributed by atoms with E-state index in [1.54, 1.807) is 12.1 Å². The summed E-state index contributed by atoms with van der Waals surface area (Å²) in [6, 6.07) is 9.39. The number of hydrogen-bond donors (Lipinski definition) is 1. The highest BCUT2D eigenvalue weighted by molar-refractivity contribution is 6.14. The van der Waals surface area contributed by atoms with Crippen LogP contribution in [0.5, 0.6) is 5.75 Å². The van der Waals surface area contributed by atoms with Gasteiger partial charge in [-0.1, -0.05) is 13.0 Å². The fraction of sp³-hybridized carbons (Fsp3) is 0.333. The van der Waals surface area contributed by atoms with Gasteiger partial charge in [0.15, 0.2) is 11.5 Å². The number of fused-ring (bicyclic) bond motifs is 3. The van der Waals surface area contributed by atoms with E-state index in [1.165, 1.54) is 0 Å². The van der Waals surface area contributed by atoms with Crippen molar-refractivity contribution in [2.24, 2.45) is 0 Å². The van der Waals surface area contributed by atoms with E-state index in [0.29, 0.717) is 40.0 Å². The SMILES string of the molecule is CCC1(C)CC(=O)c2c(ccc3oc(C(=O)Nc4cc(C)cc(C)c4)c(C)c23)O1. The van der Waals surface area contributed by atoms with Gasteiger partial charge in [0.25, 0.3) is 5.91 Å². The van der Waals surface area contributed by atoms with Crippen LogP contribution in [0.15, 0.2) is 34.7 Å². The molecule has 0 fully saturated rings. The van der Waals surface area contributed by atoms with Gasteiger partial charge in [-0.15, -0.1) is 0 Å². The summed E-state index contributed by atoms with van der Waals surface area (Å²) in [6.45, 7) is 9.73. The molecule has 3 aromatic rings.